The first-order valence-electron chi connectivity index (χ1n) is 13.3. The number of aromatic nitrogens is 4. The molecule has 0 saturated heterocycles. The number of fused-ring (bicyclic) bond motifs is 2. The van der Waals surface area contributed by atoms with Crippen LogP contribution in [0.25, 0.3) is 11.0 Å². The van der Waals surface area contributed by atoms with E-state index in [4.69, 9.17) is 5.73 Å². The number of nitrogens with one attached hydrogen (secondary N) is 4. The summed E-state index contributed by atoms with van der Waals surface area (Å²) in [7, 11) is -4.21. The molecule has 0 aliphatic carbocycles. The lowest BCUT2D eigenvalue weighted by molar-refractivity contribution is -0.137. The minimum Gasteiger partial charge on any atom is -0.368 e. The number of H-pyrrole nitrogens is 1. The number of amides is 2. The number of alkyl halides is 3. The third-order valence-electron chi connectivity index (χ3n) is 6.94. The first-order chi connectivity index (χ1) is 21.4. The zero-order valence-corrected chi connectivity index (χ0v) is 23.7. The van der Waals surface area contributed by atoms with Gasteiger partial charge in [0.1, 0.15) is 11.6 Å². The van der Waals surface area contributed by atoms with E-state index in [9.17, 15) is 30.8 Å². The normalized spacial score (nSPS) is 15.0. The second-order valence-electron chi connectivity index (χ2n) is 10.1. The lowest BCUT2D eigenvalue weighted by Gasteiger charge is -2.36. The number of nitrogens with two attached hydrogens (primary N) is 1. The molecule has 0 saturated carbocycles. The summed E-state index contributed by atoms with van der Waals surface area (Å²) >= 11 is 0. The molecule has 5 aromatic rings. The molecule has 1 unspecified atom stereocenters. The molecule has 6 rings (SSSR count). The van der Waals surface area contributed by atoms with Gasteiger partial charge in [0.2, 0.25) is 5.95 Å². The van der Waals surface area contributed by atoms with Gasteiger partial charge < -0.3 is 21.7 Å². The van der Waals surface area contributed by atoms with Gasteiger partial charge >= 0.3 is 12.2 Å². The van der Waals surface area contributed by atoms with Crippen molar-refractivity contribution >= 4 is 55.9 Å². The molecule has 45 heavy (non-hydrogen) atoms. The molecule has 12 nitrogen and oxygen atoms in total. The van der Waals surface area contributed by atoms with Crippen molar-refractivity contribution in [2.45, 2.75) is 23.5 Å². The van der Waals surface area contributed by atoms with Gasteiger partial charge in [0.15, 0.2) is 5.65 Å². The van der Waals surface area contributed by atoms with Gasteiger partial charge in [-0.25, -0.2) is 17.6 Å². The van der Waals surface area contributed by atoms with E-state index in [2.05, 4.69) is 36.1 Å². The van der Waals surface area contributed by atoms with Crippen LogP contribution in [-0.2, 0) is 22.6 Å². The number of rotatable bonds is 6. The largest absolute Gasteiger partial charge is 0.416 e. The summed E-state index contributed by atoms with van der Waals surface area (Å²) in [5.74, 6) is -0.812. The van der Waals surface area contributed by atoms with Crippen LogP contribution >= 0.6 is 0 Å². The standard InChI is InChI=1S/C28H23F4N9O3S/c29-17-9-16(28(30,31)32)10-19(11-17)37-27(42)36-18-5-3-6-21(12-18)45(43,44)41-14-20(8-15-4-1-2-7-23(15)41)35-24-22-13-34-40-25(22)39-26(33)38-24/h1-7,9-13,20H,8,14H2,(H2,36,37,42)(H4,33,34,35,38,39,40). The third-order valence-corrected chi connectivity index (χ3v) is 8.72. The molecule has 2 aromatic heterocycles. The van der Waals surface area contributed by atoms with Crippen molar-refractivity contribution in [1.29, 1.82) is 0 Å². The number of hydrogen-bond donors (Lipinski definition) is 5. The first-order valence-corrected chi connectivity index (χ1v) is 14.7. The molecule has 3 heterocycles. The van der Waals surface area contributed by atoms with Gasteiger partial charge in [-0.3, -0.25) is 9.40 Å². The van der Waals surface area contributed by atoms with Crippen LogP contribution in [0.4, 0.5) is 51.2 Å². The maximum absolute atomic E-state index is 14.0. The Kier molecular flexibility index (Phi) is 7.39. The van der Waals surface area contributed by atoms with Crippen molar-refractivity contribution in [1.82, 2.24) is 20.2 Å². The van der Waals surface area contributed by atoms with Crippen molar-refractivity contribution in [3.8, 4) is 0 Å². The van der Waals surface area contributed by atoms with Gasteiger partial charge in [0.05, 0.1) is 40.3 Å². The van der Waals surface area contributed by atoms with Crippen LogP contribution < -0.4 is 26.0 Å². The number of nitrogen functional groups attached to an aromatic ring is 1. The SMILES string of the molecule is Nc1nc(NC2Cc3ccccc3N(S(=O)(=O)c3cccc(NC(=O)Nc4cc(F)cc(C(F)(F)F)c4)c3)C2)c2cn[nH]c2n1. The van der Waals surface area contributed by atoms with Gasteiger partial charge in [-0.2, -0.15) is 28.2 Å². The van der Waals surface area contributed by atoms with Crippen LogP contribution in [0, 0.1) is 5.82 Å². The monoisotopic (exact) mass is 641 g/mol. The highest BCUT2D eigenvalue weighted by atomic mass is 32.2. The predicted octanol–water partition coefficient (Wildman–Crippen LogP) is 4.97. The highest BCUT2D eigenvalue weighted by Gasteiger charge is 2.34. The first kappa shape index (κ1) is 29.6. The van der Waals surface area contributed by atoms with E-state index in [0.29, 0.717) is 41.1 Å². The summed E-state index contributed by atoms with van der Waals surface area (Å²) in [5.41, 5.74) is 5.78. The summed E-state index contributed by atoms with van der Waals surface area (Å²) in [6, 6.07) is 12.5. The van der Waals surface area contributed by atoms with E-state index in [1.54, 1.807) is 18.2 Å². The van der Waals surface area contributed by atoms with E-state index in [1.165, 1.54) is 34.8 Å². The van der Waals surface area contributed by atoms with Crippen molar-refractivity contribution in [2.24, 2.45) is 0 Å². The molecule has 2 amide bonds. The van der Waals surface area contributed by atoms with Crippen LogP contribution in [0.15, 0.2) is 77.8 Å². The number of halogens is 4. The molecule has 0 radical (unpaired) electrons. The number of urea groups is 1. The zero-order chi connectivity index (χ0) is 31.9. The van der Waals surface area contributed by atoms with E-state index in [0.717, 1.165) is 11.6 Å². The van der Waals surface area contributed by atoms with Crippen LogP contribution in [0.3, 0.4) is 0 Å². The summed E-state index contributed by atoms with van der Waals surface area (Å²) in [6.45, 7) is 0.00184. The molecule has 1 atom stereocenters. The molecule has 0 bridgehead atoms. The van der Waals surface area contributed by atoms with E-state index in [-0.39, 0.29) is 23.1 Å². The van der Waals surface area contributed by atoms with Gasteiger partial charge in [-0.1, -0.05) is 24.3 Å². The lowest BCUT2D eigenvalue weighted by atomic mass is 9.99. The zero-order valence-electron chi connectivity index (χ0n) is 22.9. The molecule has 0 fully saturated rings. The van der Waals surface area contributed by atoms with Crippen molar-refractivity contribution in [2.75, 3.05) is 32.5 Å². The number of anilines is 5. The molecule has 0 spiro atoms. The Morgan fingerprint density at radius 1 is 1.00 bits per heavy atom. The summed E-state index contributed by atoms with van der Waals surface area (Å²) < 4.78 is 82.2. The van der Waals surface area contributed by atoms with Crippen LogP contribution in [-0.4, -0.2) is 47.2 Å². The average molecular weight is 642 g/mol. The molecular formula is C28H23F4N9O3S. The second kappa shape index (κ2) is 11.2. The van der Waals surface area contributed by atoms with Gasteiger partial charge in [-0.05, 0) is 54.4 Å². The minimum atomic E-state index is -4.83. The number of nitrogens with zero attached hydrogens (tertiary/aromatic N) is 4. The molecule has 1 aliphatic heterocycles. The predicted molar refractivity (Wildman–Crippen MR) is 159 cm³/mol. The minimum absolute atomic E-state index is 0.00137. The number of hydrogen-bond acceptors (Lipinski definition) is 8. The fourth-order valence-electron chi connectivity index (χ4n) is 5.02. The highest BCUT2D eigenvalue weighted by Crippen LogP contribution is 2.35. The van der Waals surface area contributed by atoms with Crippen molar-refractivity contribution in [3.05, 3.63) is 89.9 Å². The fourth-order valence-corrected chi connectivity index (χ4v) is 6.61. The lowest BCUT2D eigenvalue weighted by Crippen LogP contribution is -2.45. The Labute approximate surface area is 252 Å². The molecule has 3 aromatic carbocycles. The summed E-state index contributed by atoms with van der Waals surface area (Å²) in [4.78, 5) is 20.8. The molecule has 6 N–H and O–H groups in total. The number of aromatic amines is 1. The van der Waals surface area contributed by atoms with Gasteiger partial charge in [-0.15, -0.1) is 0 Å². The number of para-hydroxylation sites is 1. The molecule has 1 aliphatic rings. The smallest absolute Gasteiger partial charge is 0.368 e. The Balaban J connectivity index is 1.24. The van der Waals surface area contributed by atoms with Crippen molar-refractivity contribution in [3.63, 3.8) is 0 Å². The third kappa shape index (κ3) is 6.14. The Morgan fingerprint density at radius 2 is 1.78 bits per heavy atom. The van der Waals surface area contributed by atoms with Gasteiger partial charge in [0, 0.05) is 11.4 Å². The maximum atomic E-state index is 14.0. The van der Waals surface area contributed by atoms with Gasteiger partial charge in [0.25, 0.3) is 10.0 Å². The Morgan fingerprint density at radius 3 is 2.58 bits per heavy atom. The number of sulfonamides is 1. The van der Waals surface area contributed by atoms with Crippen LogP contribution in [0.1, 0.15) is 11.1 Å². The average Bonchev–Trinajstić information content (AvgIpc) is 3.45. The van der Waals surface area contributed by atoms with E-state index < -0.39 is 45.3 Å². The van der Waals surface area contributed by atoms with E-state index >= 15 is 0 Å². The summed E-state index contributed by atoms with van der Waals surface area (Å²) in [5, 5.41) is 15.1. The van der Waals surface area contributed by atoms with E-state index in [1.807, 2.05) is 6.07 Å². The van der Waals surface area contributed by atoms with Crippen molar-refractivity contribution < 1.29 is 30.8 Å². The molecule has 232 valence electrons. The highest BCUT2D eigenvalue weighted by molar-refractivity contribution is 7.92. The van der Waals surface area contributed by atoms with Crippen LogP contribution in [0.2, 0.25) is 0 Å². The summed E-state index contributed by atoms with van der Waals surface area (Å²) in [6.07, 6.45) is -2.84. The fraction of sp³-hybridized carbons (Fsp3) is 0.143. The molecule has 17 heteroatoms. The van der Waals surface area contributed by atoms with Crippen LogP contribution in [0.5, 0.6) is 0 Å². The number of carbonyl (C=O) groups excluding carboxylic acids is 1. The number of benzene rings is 3. The molecular weight excluding hydrogens is 618 g/mol. The maximum Gasteiger partial charge on any atom is 0.416 e. The second-order valence-corrected chi connectivity index (χ2v) is 12.0. The Bertz CT molecular complexity index is 2040. The topological polar surface area (TPSA) is 171 Å². The number of carbonyl (C=O) groups is 1. The Hall–Kier alpha value is -5.45. The quantitative estimate of drug-likeness (QED) is 0.162.